The monoisotopic (exact) mass is 791 g/mol. The summed E-state index contributed by atoms with van der Waals surface area (Å²) in [6.45, 7) is 0. The lowest BCUT2D eigenvalue weighted by molar-refractivity contribution is 0.953. The summed E-state index contributed by atoms with van der Waals surface area (Å²) in [5.41, 5.74) is 14.3. The number of para-hydroxylation sites is 3. The van der Waals surface area contributed by atoms with Gasteiger partial charge < -0.3 is 4.57 Å². The molecule has 0 radical (unpaired) electrons. The molecule has 0 aliphatic carbocycles. The number of nitrogens with zero attached hydrogens (tertiary/aromatic N) is 5. The van der Waals surface area contributed by atoms with Gasteiger partial charge in [-0.2, -0.15) is 9.97 Å². The van der Waals surface area contributed by atoms with Gasteiger partial charge in [0, 0.05) is 38.4 Å². The highest BCUT2D eigenvalue weighted by Crippen LogP contribution is 2.40. The maximum Gasteiger partial charge on any atom is 0.238 e. The molecule has 12 aromatic rings. The van der Waals surface area contributed by atoms with Crippen LogP contribution in [0.5, 0.6) is 0 Å². The fourth-order valence-electron chi connectivity index (χ4n) is 9.09. The molecule has 0 aliphatic heterocycles. The molecule has 0 spiro atoms. The number of fused-ring (bicyclic) bond motifs is 6. The lowest BCUT2D eigenvalue weighted by Crippen LogP contribution is -2.06. The summed E-state index contributed by atoms with van der Waals surface area (Å²) in [5.74, 6) is 1.80. The van der Waals surface area contributed by atoms with Gasteiger partial charge in [0.1, 0.15) is 0 Å². The van der Waals surface area contributed by atoms with Crippen molar-refractivity contribution in [2.75, 3.05) is 0 Å². The van der Waals surface area contributed by atoms with Crippen LogP contribution in [0, 0.1) is 0 Å². The van der Waals surface area contributed by atoms with E-state index >= 15 is 0 Å². The Labute approximate surface area is 358 Å². The van der Waals surface area contributed by atoms with Crippen LogP contribution >= 0.6 is 0 Å². The van der Waals surface area contributed by atoms with E-state index in [0.29, 0.717) is 17.6 Å². The normalized spacial score (nSPS) is 11.5. The quantitative estimate of drug-likeness (QED) is 0.162. The zero-order chi connectivity index (χ0) is 41.0. The minimum absolute atomic E-state index is 0.567. The fraction of sp³-hybridized carbons (Fsp3) is 0. The second-order valence-corrected chi connectivity index (χ2v) is 15.6. The van der Waals surface area contributed by atoms with E-state index in [0.717, 1.165) is 60.9 Å². The van der Waals surface area contributed by atoms with Crippen LogP contribution < -0.4 is 0 Å². The van der Waals surface area contributed by atoms with Crippen molar-refractivity contribution in [2.45, 2.75) is 0 Å². The van der Waals surface area contributed by atoms with Crippen LogP contribution in [-0.4, -0.2) is 24.1 Å². The summed E-state index contributed by atoms with van der Waals surface area (Å²) in [6, 6.07) is 79.4. The molecule has 0 saturated heterocycles. The number of aromatic nitrogens is 5. The molecule has 0 fully saturated rings. The Balaban J connectivity index is 1.03. The van der Waals surface area contributed by atoms with Gasteiger partial charge in [0.05, 0.1) is 22.1 Å². The van der Waals surface area contributed by atoms with Crippen LogP contribution in [0.3, 0.4) is 0 Å². The molecular formula is C57H37N5. The lowest BCUT2D eigenvalue weighted by Gasteiger charge is -2.13. The number of benzene rings is 9. The number of hydrogen-bond acceptors (Lipinski definition) is 3. The minimum atomic E-state index is 0.567. The summed E-state index contributed by atoms with van der Waals surface area (Å²) >= 11 is 0. The van der Waals surface area contributed by atoms with Gasteiger partial charge in [0.15, 0.2) is 11.6 Å². The van der Waals surface area contributed by atoms with E-state index in [1.54, 1.807) is 0 Å². The molecule has 3 aromatic heterocycles. The molecule has 290 valence electrons. The smallest absolute Gasteiger partial charge is 0.238 e. The standard InChI is InChI=1S/C57H37N5/c1-4-16-38(17-5-1)39-28-30-41(31-29-39)56-58-55(40-18-6-2-7-19-40)59-57(60-56)62-52-27-15-12-24-47(52)49-34-32-43(37-54(49)62)46-23-11-10-22-45(46)42-33-35-53-50(36-42)48-25-13-14-26-51(48)61(53)44-20-8-3-9-21-44/h1-37H. The summed E-state index contributed by atoms with van der Waals surface area (Å²) in [6.07, 6.45) is 0. The van der Waals surface area contributed by atoms with Crippen LogP contribution in [0.1, 0.15) is 0 Å². The van der Waals surface area contributed by atoms with Crippen molar-refractivity contribution < 1.29 is 0 Å². The minimum Gasteiger partial charge on any atom is -0.309 e. The van der Waals surface area contributed by atoms with E-state index in [2.05, 4.69) is 209 Å². The summed E-state index contributed by atoms with van der Waals surface area (Å²) in [7, 11) is 0. The first kappa shape index (κ1) is 35.5. The molecule has 0 atom stereocenters. The molecule has 0 unspecified atom stereocenters. The fourth-order valence-corrected chi connectivity index (χ4v) is 9.09. The molecule has 0 bridgehead atoms. The van der Waals surface area contributed by atoms with Gasteiger partial charge in [0.25, 0.3) is 0 Å². The Hall–Kier alpha value is -8.41. The van der Waals surface area contributed by atoms with Crippen molar-refractivity contribution in [3.63, 3.8) is 0 Å². The molecule has 0 amide bonds. The van der Waals surface area contributed by atoms with Crippen molar-refractivity contribution in [1.29, 1.82) is 0 Å². The second kappa shape index (κ2) is 14.7. The molecule has 3 heterocycles. The van der Waals surface area contributed by atoms with Crippen LogP contribution in [0.15, 0.2) is 224 Å². The molecule has 0 saturated carbocycles. The average molecular weight is 792 g/mol. The Morgan fingerprint density at radius 3 is 1.37 bits per heavy atom. The predicted octanol–water partition coefficient (Wildman–Crippen LogP) is 14.4. The van der Waals surface area contributed by atoms with Crippen molar-refractivity contribution in [3.05, 3.63) is 224 Å². The molecule has 12 rings (SSSR count). The van der Waals surface area contributed by atoms with Crippen molar-refractivity contribution in [2.24, 2.45) is 0 Å². The van der Waals surface area contributed by atoms with E-state index in [1.807, 2.05) is 24.3 Å². The van der Waals surface area contributed by atoms with Crippen LogP contribution in [0.4, 0.5) is 0 Å². The predicted molar refractivity (Wildman–Crippen MR) is 256 cm³/mol. The first-order valence-electron chi connectivity index (χ1n) is 20.9. The first-order chi connectivity index (χ1) is 30.7. The van der Waals surface area contributed by atoms with E-state index in [1.165, 1.54) is 32.9 Å². The van der Waals surface area contributed by atoms with Gasteiger partial charge >= 0.3 is 0 Å². The highest BCUT2D eigenvalue weighted by Gasteiger charge is 2.20. The molecular weight excluding hydrogens is 755 g/mol. The van der Waals surface area contributed by atoms with Crippen LogP contribution in [0.25, 0.3) is 111 Å². The topological polar surface area (TPSA) is 48.5 Å². The Morgan fingerprint density at radius 2 is 0.694 bits per heavy atom. The Kier molecular flexibility index (Phi) is 8.42. The molecule has 5 nitrogen and oxygen atoms in total. The highest BCUT2D eigenvalue weighted by molar-refractivity contribution is 6.12. The van der Waals surface area contributed by atoms with Crippen LogP contribution in [0.2, 0.25) is 0 Å². The van der Waals surface area contributed by atoms with E-state index < -0.39 is 0 Å². The molecule has 5 heteroatoms. The first-order valence-corrected chi connectivity index (χ1v) is 20.9. The third-order valence-electron chi connectivity index (χ3n) is 12.0. The molecule has 62 heavy (non-hydrogen) atoms. The maximum atomic E-state index is 5.26. The van der Waals surface area contributed by atoms with Crippen molar-refractivity contribution in [3.8, 4) is 67.8 Å². The summed E-state index contributed by atoms with van der Waals surface area (Å²) in [5, 5.41) is 4.72. The third kappa shape index (κ3) is 5.98. The third-order valence-corrected chi connectivity index (χ3v) is 12.0. The largest absolute Gasteiger partial charge is 0.309 e. The van der Waals surface area contributed by atoms with E-state index in [9.17, 15) is 0 Å². The van der Waals surface area contributed by atoms with Crippen LogP contribution in [-0.2, 0) is 0 Å². The van der Waals surface area contributed by atoms with Gasteiger partial charge in [-0.1, -0.05) is 182 Å². The molecule has 9 aromatic carbocycles. The SMILES string of the molecule is c1ccc(-c2ccc(-c3nc(-c4ccccc4)nc(-n4c5ccccc5c5ccc(-c6ccccc6-c6ccc7c(c6)c6ccccc6n7-c6ccccc6)cc54)n3)cc2)cc1. The van der Waals surface area contributed by atoms with Gasteiger partial charge in [-0.15, -0.1) is 0 Å². The zero-order valence-corrected chi connectivity index (χ0v) is 33.6. The lowest BCUT2D eigenvalue weighted by atomic mass is 9.93. The van der Waals surface area contributed by atoms with E-state index in [-0.39, 0.29) is 0 Å². The van der Waals surface area contributed by atoms with Crippen molar-refractivity contribution in [1.82, 2.24) is 24.1 Å². The molecule has 0 aliphatic rings. The summed E-state index contributed by atoms with van der Waals surface area (Å²) < 4.78 is 4.57. The zero-order valence-electron chi connectivity index (χ0n) is 33.6. The van der Waals surface area contributed by atoms with Gasteiger partial charge in [-0.3, -0.25) is 4.57 Å². The van der Waals surface area contributed by atoms with Crippen molar-refractivity contribution >= 4 is 43.6 Å². The number of rotatable bonds is 7. The Bertz CT molecular complexity index is 3610. The second-order valence-electron chi connectivity index (χ2n) is 15.6. The maximum absolute atomic E-state index is 5.26. The average Bonchev–Trinajstić information content (AvgIpc) is 3.87. The summed E-state index contributed by atoms with van der Waals surface area (Å²) in [4.78, 5) is 15.6. The van der Waals surface area contributed by atoms with E-state index in [4.69, 9.17) is 15.0 Å². The van der Waals surface area contributed by atoms with Gasteiger partial charge in [0.2, 0.25) is 5.95 Å². The highest BCUT2D eigenvalue weighted by atomic mass is 15.2. The molecule has 0 N–H and O–H groups in total. The number of hydrogen-bond donors (Lipinski definition) is 0. The Morgan fingerprint density at radius 1 is 0.258 bits per heavy atom. The van der Waals surface area contributed by atoms with Gasteiger partial charge in [-0.05, 0) is 75.8 Å². The van der Waals surface area contributed by atoms with Gasteiger partial charge in [-0.25, -0.2) is 4.98 Å².